The van der Waals surface area contributed by atoms with Gasteiger partial charge >= 0.3 is 0 Å². The number of halogens is 1. The van der Waals surface area contributed by atoms with Gasteiger partial charge in [0, 0.05) is 20.8 Å². The van der Waals surface area contributed by atoms with E-state index in [0.717, 1.165) is 20.8 Å². The molecule has 96 valence electrons. The van der Waals surface area contributed by atoms with Crippen molar-refractivity contribution < 1.29 is 4.42 Å². The van der Waals surface area contributed by atoms with Gasteiger partial charge in [0.2, 0.25) is 5.89 Å². The number of hydrogen-bond donors (Lipinski definition) is 0. The third kappa shape index (κ3) is 1.65. The Morgan fingerprint density at radius 3 is 2.65 bits per heavy atom. The van der Waals surface area contributed by atoms with Gasteiger partial charge in [0.25, 0.3) is 5.56 Å². The number of nitrogens with zero attached hydrogens (tertiary/aromatic N) is 1. The zero-order valence-corrected chi connectivity index (χ0v) is 11.8. The van der Waals surface area contributed by atoms with Gasteiger partial charge in [-0.1, -0.05) is 34.1 Å². The second-order valence-corrected chi connectivity index (χ2v) is 5.53. The van der Waals surface area contributed by atoms with Crippen LogP contribution in [0.15, 0.2) is 62.2 Å². The van der Waals surface area contributed by atoms with Crippen LogP contribution < -0.4 is 5.56 Å². The van der Waals surface area contributed by atoms with E-state index in [1.807, 2.05) is 42.5 Å². The molecule has 0 bridgehead atoms. The quantitative estimate of drug-likeness (QED) is 0.359. The van der Waals surface area contributed by atoms with Crippen molar-refractivity contribution in [2.45, 2.75) is 0 Å². The molecule has 2 aromatic carbocycles. The molecule has 0 fully saturated rings. The van der Waals surface area contributed by atoms with Crippen molar-refractivity contribution in [1.82, 2.24) is 4.98 Å². The summed E-state index contributed by atoms with van der Waals surface area (Å²) < 4.78 is 6.74. The Labute approximate surface area is 122 Å². The first-order valence-electron chi connectivity index (χ1n) is 6.14. The summed E-state index contributed by atoms with van der Waals surface area (Å²) in [7, 11) is 0. The van der Waals surface area contributed by atoms with Crippen LogP contribution in [0.2, 0.25) is 0 Å². The minimum Gasteiger partial charge on any atom is -0.438 e. The Morgan fingerprint density at radius 1 is 1.00 bits per heavy atom. The zero-order valence-electron chi connectivity index (χ0n) is 10.3. The molecule has 2 aliphatic heterocycles. The highest BCUT2D eigenvalue weighted by Gasteiger charge is 2.14. The summed E-state index contributed by atoms with van der Waals surface area (Å²) in [6, 6.07) is 15.2. The fourth-order valence-corrected chi connectivity index (χ4v) is 2.81. The molecule has 2 aliphatic rings. The predicted octanol–water partition coefficient (Wildman–Crippen LogP) is 4.21. The minimum absolute atomic E-state index is 0.256. The van der Waals surface area contributed by atoms with Crippen LogP contribution in [0, 0.1) is 0 Å². The van der Waals surface area contributed by atoms with Crippen molar-refractivity contribution in [1.29, 1.82) is 0 Å². The van der Waals surface area contributed by atoms with Gasteiger partial charge in [-0.05, 0) is 35.7 Å². The third-order valence-corrected chi connectivity index (χ3v) is 3.85. The summed E-state index contributed by atoms with van der Waals surface area (Å²) >= 11 is 3.45. The summed E-state index contributed by atoms with van der Waals surface area (Å²) in [5.74, 6) is 0.378. The molecule has 2 aromatic rings. The molecule has 2 heterocycles. The molecule has 0 atom stereocenters. The van der Waals surface area contributed by atoms with Crippen LogP contribution in [0.4, 0.5) is 0 Å². The van der Waals surface area contributed by atoms with Crippen LogP contribution in [0.25, 0.3) is 33.2 Å². The standard InChI is InChI=1S/C16H8BrNO2/c17-10-5-6-14-9(7-10)8-13-11-3-1-2-4-12(11)15(19)18-16(13)20-14/h1-8H. The van der Waals surface area contributed by atoms with E-state index in [0.29, 0.717) is 16.9 Å². The number of hydrogen-bond acceptors (Lipinski definition) is 3. The Balaban J connectivity index is 2.26. The lowest BCUT2D eigenvalue weighted by molar-refractivity contribution is 0.599. The molecule has 20 heavy (non-hydrogen) atoms. The summed E-state index contributed by atoms with van der Waals surface area (Å²) in [6.45, 7) is 0. The molecule has 4 heteroatoms. The molecule has 0 spiro atoms. The van der Waals surface area contributed by atoms with Crippen LogP contribution in [0.3, 0.4) is 0 Å². The van der Waals surface area contributed by atoms with Crippen molar-refractivity contribution in [3.8, 4) is 11.5 Å². The van der Waals surface area contributed by atoms with Crippen molar-refractivity contribution in [2.24, 2.45) is 0 Å². The van der Waals surface area contributed by atoms with Gasteiger partial charge in [-0.25, -0.2) is 0 Å². The SMILES string of the molecule is O=c1nc2oc3ccc(Br)cc3cc-2c2ccccc12. The molecular weight excluding hydrogens is 318 g/mol. The predicted molar refractivity (Wildman–Crippen MR) is 82.1 cm³/mol. The number of pyridine rings is 1. The lowest BCUT2D eigenvalue weighted by atomic mass is 10.0. The number of benzene rings is 2. The van der Waals surface area contributed by atoms with Crippen LogP contribution in [-0.4, -0.2) is 4.98 Å². The molecule has 0 saturated carbocycles. The smallest absolute Gasteiger partial charge is 0.280 e. The molecule has 0 radical (unpaired) electrons. The van der Waals surface area contributed by atoms with E-state index in [4.69, 9.17) is 4.42 Å². The zero-order chi connectivity index (χ0) is 13.7. The molecule has 0 unspecified atom stereocenters. The van der Waals surface area contributed by atoms with Gasteiger partial charge in [-0.3, -0.25) is 4.79 Å². The average Bonchev–Trinajstić information content (AvgIpc) is 2.46. The van der Waals surface area contributed by atoms with Crippen molar-refractivity contribution in [3.63, 3.8) is 0 Å². The van der Waals surface area contributed by atoms with E-state index in [-0.39, 0.29) is 5.56 Å². The van der Waals surface area contributed by atoms with E-state index >= 15 is 0 Å². The monoisotopic (exact) mass is 325 g/mol. The van der Waals surface area contributed by atoms with E-state index < -0.39 is 0 Å². The Kier molecular flexibility index (Phi) is 2.41. The van der Waals surface area contributed by atoms with Gasteiger partial charge in [0.1, 0.15) is 5.58 Å². The van der Waals surface area contributed by atoms with Crippen LogP contribution in [-0.2, 0) is 0 Å². The topological polar surface area (TPSA) is 43.1 Å². The molecule has 0 aromatic heterocycles. The second kappa shape index (κ2) is 4.15. The Morgan fingerprint density at radius 2 is 1.80 bits per heavy atom. The highest BCUT2D eigenvalue weighted by atomic mass is 79.9. The average molecular weight is 326 g/mol. The van der Waals surface area contributed by atoms with Gasteiger partial charge in [0.15, 0.2) is 0 Å². The highest BCUT2D eigenvalue weighted by Crippen LogP contribution is 2.32. The fourth-order valence-electron chi connectivity index (χ4n) is 2.43. The molecule has 4 rings (SSSR count). The molecule has 0 amide bonds. The van der Waals surface area contributed by atoms with Crippen LogP contribution in [0.5, 0.6) is 0 Å². The van der Waals surface area contributed by atoms with Gasteiger partial charge < -0.3 is 4.42 Å². The highest BCUT2D eigenvalue weighted by molar-refractivity contribution is 9.10. The van der Waals surface area contributed by atoms with Crippen molar-refractivity contribution in [2.75, 3.05) is 0 Å². The lowest BCUT2D eigenvalue weighted by Gasteiger charge is -2.09. The number of fused-ring (bicyclic) bond motifs is 4. The summed E-state index contributed by atoms with van der Waals surface area (Å²) in [5.41, 5.74) is 1.31. The summed E-state index contributed by atoms with van der Waals surface area (Å²) in [4.78, 5) is 16.0. The minimum atomic E-state index is -0.256. The van der Waals surface area contributed by atoms with Gasteiger partial charge in [-0.2, -0.15) is 4.98 Å². The summed E-state index contributed by atoms with van der Waals surface area (Å²) in [5, 5.41) is 2.45. The molecular formula is C16H8BrNO2. The second-order valence-electron chi connectivity index (χ2n) is 4.61. The molecule has 3 nitrogen and oxygen atoms in total. The van der Waals surface area contributed by atoms with E-state index in [9.17, 15) is 4.79 Å². The third-order valence-electron chi connectivity index (χ3n) is 3.36. The molecule has 0 N–H and O–H groups in total. The lowest BCUT2D eigenvalue weighted by Crippen LogP contribution is -2.08. The van der Waals surface area contributed by atoms with Gasteiger partial charge in [0.05, 0.1) is 0 Å². The van der Waals surface area contributed by atoms with Crippen molar-refractivity contribution in [3.05, 3.63) is 63.4 Å². The first-order valence-corrected chi connectivity index (χ1v) is 6.93. The maximum atomic E-state index is 12.0. The van der Waals surface area contributed by atoms with Crippen LogP contribution in [0.1, 0.15) is 0 Å². The number of aromatic nitrogens is 1. The van der Waals surface area contributed by atoms with E-state index in [2.05, 4.69) is 20.9 Å². The summed E-state index contributed by atoms with van der Waals surface area (Å²) in [6.07, 6.45) is 0. The normalized spacial score (nSPS) is 11.4. The van der Waals surface area contributed by atoms with Gasteiger partial charge in [-0.15, -0.1) is 0 Å². The van der Waals surface area contributed by atoms with E-state index in [1.54, 1.807) is 6.07 Å². The largest absolute Gasteiger partial charge is 0.438 e. The fraction of sp³-hybridized carbons (Fsp3) is 0. The maximum Gasteiger partial charge on any atom is 0.280 e. The number of rotatable bonds is 0. The first-order chi connectivity index (χ1) is 9.72. The van der Waals surface area contributed by atoms with E-state index in [1.165, 1.54) is 0 Å². The molecule has 0 aliphatic carbocycles. The Bertz CT molecular complexity index is 990. The Hall–Kier alpha value is -2.20. The molecule has 0 saturated heterocycles. The first kappa shape index (κ1) is 11.6. The maximum absolute atomic E-state index is 12.0. The van der Waals surface area contributed by atoms with Crippen LogP contribution >= 0.6 is 15.9 Å². The van der Waals surface area contributed by atoms with Crippen molar-refractivity contribution >= 4 is 37.7 Å².